The number of rotatable bonds is 9. The molecule has 194 valence electrons. The largest absolute Gasteiger partial charge is 0.462 e. The molecular formula is C28H23BrClN3O5. The smallest absolute Gasteiger partial charge is 0.338 e. The average Bonchev–Trinajstić information content (AvgIpc) is 3.13. The molecule has 3 aromatic carbocycles. The van der Waals surface area contributed by atoms with Gasteiger partial charge in [0, 0.05) is 15.7 Å². The lowest BCUT2D eigenvalue weighted by atomic mass is 10.1. The lowest BCUT2D eigenvalue weighted by Crippen LogP contribution is -2.32. The first-order valence-corrected chi connectivity index (χ1v) is 13.0. The first-order chi connectivity index (χ1) is 18.3. The van der Waals surface area contributed by atoms with Crippen LogP contribution in [0.15, 0.2) is 88.0 Å². The van der Waals surface area contributed by atoms with Gasteiger partial charge in [-0.05, 0) is 76.9 Å². The van der Waals surface area contributed by atoms with Crippen LogP contribution in [-0.4, -0.2) is 30.3 Å². The van der Waals surface area contributed by atoms with E-state index < -0.39 is 17.8 Å². The summed E-state index contributed by atoms with van der Waals surface area (Å²) in [4.78, 5) is 51.8. The summed E-state index contributed by atoms with van der Waals surface area (Å²) in [6, 6.07) is 19.6. The summed E-state index contributed by atoms with van der Waals surface area (Å²) in [5.74, 6) is -2.25. The number of amides is 3. The number of nitrogens with one attached hydrogen (secondary N) is 2. The highest BCUT2D eigenvalue weighted by Gasteiger charge is 2.39. The molecule has 3 aromatic rings. The van der Waals surface area contributed by atoms with E-state index in [2.05, 4.69) is 26.6 Å². The number of anilines is 3. The van der Waals surface area contributed by atoms with Gasteiger partial charge in [0.25, 0.3) is 17.7 Å². The van der Waals surface area contributed by atoms with Crippen LogP contribution in [0.4, 0.5) is 17.1 Å². The Morgan fingerprint density at radius 3 is 2.39 bits per heavy atom. The van der Waals surface area contributed by atoms with Crippen molar-refractivity contribution in [3.63, 3.8) is 0 Å². The van der Waals surface area contributed by atoms with Crippen molar-refractivity contribution in [1.82, 2.24) is 0 Å². The lowest BCUT2D eigenvalue weighted by Gasteiger charge is -2.16. The molecule has 10 heteroatoms. The van der Waals surface area contributed by atoms with Crippen LogP contribution in [0.25, 0.3) is 0 Å². The van der Waals surface area contributed by atoms with Gasteiger partial charge in [0.05, 0.1) is 23.5 Å². The second-order valence-corrected chi connectivity index (χ2v) is 9.54. The Labute approximate surface area is 232 Å². The molecule has 0 spiro atoms. The van der Waals surface area contributed by atoms with E-state index in [4.69, 9.17) is 16.3 Å². The van der Waals surface area contributed by atoms with Crippen LogP contribution >= 0.6 is 27.5 Å². The van der Waals surface area contributed by atoms with Gasteiger partial charge in [-0.25, -0.2) is 9.69 Å². The molecule has 0 bridgehead atoms. The third kappa shape index (κ3) is 5.95. The highest BCUT2D eigenvalue weighted by Crippen LogP contribution is 2.31. The minimum Gasteiger partial charge on any atom is -0.462 e. The average molecular weight is 597 g/mol. The highest BCUT2D eigenvalue weighted by molar-refractivity contribution is 9.10. The standard InChI is InChI=1S/C28H23BrClN3O5/c1-2-3-15-38-28(37)18-7-6-8-20(16-18)33-26(35)23(30)24(27(33)36)31-19-13-11-17(12-14-19)25(34)32-22-10-5-4-9-21(22)29/h4-14,16,31H,2-3,15H2,1H3,(H,32,34). The minimum absolute atomic E-state index is 0.113. The number of nitrogens with zero attached hydrogens (tertiary/aromatic N) is 1. The Kier molecular flexibility index (Phi) is 8.60. The van der Waals surface area contributed by atoms with Crippen molar-refractivity contribution >= 4 is 68.3 Å². The maximum absolute atomic E-state index is 13.1. The van der Waals surface area contributed by atoms with Crippen molar-refractivity contribution in [3.8, 4) is 0 Å². The maximum atomic E-state index is 13.1. The highest BCUT2D eigenvalue weighted by atomic mass is 79.9. The van der Waals surface area contributed by atoms with Crippen LogP contribution in [0.3, 0.4) is 0 Å². The summed E-state index contributed by atoms with van der Waals surface area (Å²) in [5, 5.41) is 5.40. The van der Waals surface area contributed by atoms with E-state index in [0.717, 1.165) is 22.2 Å². The summed E-state index contributed by atoms with van der Waals surface area (Å²) in [6.45, 7) is 2.27. The number of benzene rings is 3. The zero-order valence-electron chi connectivity index (χ0n) is 20.3. The SMILES string of the molecule is CCCCOC(=O)c1cccc(N2C(=O)C(Cl)=C(Nc3ccc(C(=O)Nc4ccccc4Br)cc3)C2=O)c1. The van der Waals surface area contributed by atoms with Crippen molar-refractivity contribution in [2.45, 2.75) is 19.8 Å². The molecule has 0 fully saturated rings. The van der Waals surface area contributed by atoms with Crippen LogP contribution in [0.5, 0.6) is 0 Å². The third-order valence-corrected chi connectivity index (χ3v) is 6.68. The number of para-hydroxylation sites is 1. The Bertz CT molecular complexity index is 1440. The summed E-state index contributed by atoms with van der Waals surface area (Å²) in [6.07, 6.45) is 1.62. The molecule has 2 N–H and O–H groups in total. The van der Waals surface area contributed by atoms with Gasteiger partial charge in [-0.1, -0.05) is 43.1 Å². The number of ether oxygens (including phenoxy) is 1. The predicted octanol–water partition coefficient (Wildman–Crippen LogP) is 6.09. The summed E-state index contributed by atoms with van der Waals surface area (Å²) >= 11 is 9.63. The molecule has 1 aliphatic heterocycles. The van der Waals surface area contributed by atoms with Gasteiger partial charge in [0.1, 0.15) is 10.7 Å². The Morgan fingerprint density at radius 1 is 0.947 bits per heavy atom. The van der Waals surface area contributed by atoms with Crippen LogP contribution in [-0.2, 0) is 14.3 Å². The molecular weight excluding hydrogens is 574 g/mol. The Balaban J connectivity index is 1.46. The molecule has 1 heterocycles. The van der Waals surface area contributed by atoms with E-state index in [1.807, 2.05) is 25.1 Å². The fourth-order valence-electron chi connectivity index (χ4n) is 3.62. The van der Waals surface area contributed by atoms with Gasteiger partial charge >= 0.3 is 5.97 Å². The summed E-state index contributed by atoms with van der Waals surface area (Å²) in [5.41, 5.74) is 1.77. The molecule has 0 radical (unpaired) electrons. The number of hydrogen-bond acceptors (Lipinski definition) is 6. The second kappa shape index (κ2) is 12.1. The lowest BCUT2D eigenvalue weighted by molar-refractivity contribution is -0.120. The van der Waals surface area contributed by atoms with Crippen molar-refractivity contribution in [2.24, 2.45) is 0 Å². The van der Waals surface area contributed by atoms with E-state index in [9.17, 15) is 19.2 Å². The van der Waals surface area contributed by atoms with Crippen molar-refractivity contribution < 1.29 is 23.9 Å². The topological polar surface area (TPSA) is 105 Å². The molecule has 0 aromatic heterocycles. The number of unbranched alkanes of at least 4 members (excludes halogenated alkanes) is 1. The zero-order valence-corrected chi connectivity index (χ0v) is 22.6. The second-order valence-electron chi connectivity index (χ2n) is 8.31. The van der Waals surface area contributed by atoms with E-state index >= 15 is 0 Å². The molecule has 0 saturated heterocycles. The predicted molar refractivity (Wildman–Crippen MR) is 149 cm³/mol. The van der Waals surface area contributed by atoms with E-state index in [1.54, 1.807) is 42.5 Å². The minimum atomic E-state index is -0.722. The quantitative estimate of drug-likeness (QED) is 0.176. The first-order valence-electron chi connectivity index (χ1n) is 11.8. The fraction of sp³-hybridized carbons (Fsp3) is 0.143. The Hall–Kier alpha value is -3.95. The van der Waals surface area contributed by atoms with E-state index in [1.165, 1.54) is 12.1 Å². The number of carbonyl (C=O) groups excluding carboxylic acids is 4. The van der Waals surface area contributed by atoms with Crippen LogP contribution in [0.2, 0.25) is 0 Å². The molecule has 0 aliphatic carbocycles. The summed E-state index contributed by atoms with van der Waals surface area (Å²) < 4.78 is 5.97. The van der Waals surface area contributed by atoms with Crippen molar-refractivity contribution in [3.05, 3.63) is 99.1 Å². The van der Waals surface area contributed by atoms with Gasteiger partial charge < -0.3 is 15.4 Å². The number of halogens is 2. The van der Waals surface area contributed by atoms with Crippen molar-refractivity contribution in [1.29, 1.82) is 0 Å². The molecule has 0 unspecified atom stereocenters. The van der Waals surface area contributed by atoms with E-state index in [0.29, 0.717) is 16.9 Å². The van der Waals surface area contributed by atoms with Crippen LogP contribution in [0.1, 0.15) is 40.5 Å². The maximum Gasteiger partial charge on any atom is 0.338 e. The number of esters is 1. The molecule has 0 saturated carbocycles. The normalized spacial score (nSPS) is 13.1. The van der Waals surface area contributed by atoms with Gasteiger partial charge in [-0.15, -0.1) is 0 Å². The van der Waals surface area contributed by atoms with Crippen LogP contribution in [0, 0.1) is 0 Å². The molecule has 8 nitrogen and oxygen atoms in total. The number of imide groups is 1. The van der Waals surface area contributed by atoms with E-state index in [-0.39, 0.29) is 34.5 Å². The van der Waals surface area contributed by atoms with Crippen LogP contribution < -0.4 is 15.5 Å². The molecule has 0 atom stereocenters. The number of carbonyl (C=O) groups is 4. The fourth-order valence-corrected chi connectivity index (χ4v) is 4.21. The van der Waals surface area contributed by atoms with Gasteiger partial charge in [-0.3, -0.25) is 14.4 Å². The molecule has 3 amide bonds. The zero-order chi connectivity index (χ0) is 27.2. The molecule has 38 heavy (non-hydrogen) atoms. The Morgan fingerprint density at radius 2 is 1.68 bits per heavy atom. The van der Waals surface area contributed by atoms with Gasteiger partial charge in [-0.2, -0.15) is 0 Å². The monoisotopic (exact) mass is 595 g/mol. The molecule has 1 aliphatic rings. The van der Waals surface area contributed by atoms with Gasteiger partial charge in [0.2, 0.25) is 0 Å². The third-order valence-electron chi connectivity index (χ3n) is 5.64. The summed E-state index contributed by atoms with van der Waals surface area (Å²) in [7, 11) is 0. The van der Waals surface area contributed by atoms with Crippen molar-refractivity contribution in [2.75, 3.05) is 22.1 Å². The molecule has 4 rings (SSSR count). The number of hydrogen-bond donors (Lipinski definition) is 2. The first kappa shape index (κ1) is 27.1. The van der Waals surface area contributed by atoms with Gasteiger partial charge in [0.15, 0.2) is 0 Å².